The van der Waals surface area contributed by atoms with E-state index in [0.717, 1.165) is 28.1 Å². The molecule has 1 aromatic heterocycles. The van der Waals surface area contributed by atoms with Crippen LogP contribution in [0.25, 0.3) is 5.69 Å². The maximum absolute atomic E-state index is 13.0. The van der Waals surface area contributed by atoms with Crippen molar-refractivity contribution in [3.63, 3.8) is 0 Å². The van der Waals surface area contributed by atoms with E-state index in [9.17, 15) is 4.79 Å². The molecule has 8 heteroatoms. The molecule has 0 aliphatic heterocycles. The second-order valence-corrected chi connectivity index (χ2v) is 8.80. The van der Waals surface area contributed by atoms with Crippen LogP contribution in [0, 0.1) is 13.8 Å². The van der Waals surface area contributed by atoms with Crippen molar-refractivity contribution in [1.82, 2.24) is 20.2 Å². The summed E-state index contributed by atoms with van der Waals surface area (Å²) >= 11 is 1.30. The van der Waals surface area contributed by atoms with Gasteiger partial charge >= 0.3 is 0 Å². The lowest BCUT2D eigenvalue weighted by Gasteiger charge is -2.18. The zero-order chi connectivity index (χ0) is 21.8. The van der Waals surface area contributed by atoms with Crippen LogP contribution < -0.4 is 10.1 Å². The van der Waals surface area contributed by atoms with Crippen LogP contribution in [0.2, 0.25) is 0 Å². The Balaban J connectivity index is 1.82. The minimum atomic E-state index is -0.398. The monoisotopic (exact) mass is 425 g/mol. The van der Waals surface area contributed by atoms with Crippen molar-refractivity contribution in [2.75, 3.05) is 12.4 Å². The fourth-order valence-corrected chi connectivity index (χ4v) is 3.95. The summed E-state index contributed by atoms with van der Waals surface area (Å²) in [6.07, 6.45) is 0. The number of aryl methyl sites for hydroxylation is 2. The Hall–Kier alpha value is -2.87. The van der Waals surface area contributed by atoms with Gasteiger partial charge in [0.15, 0.2) is 0 Å². The number of methoxy groups -OCH3 is 1. The zero-order valence-corrected chi connectivity index (χ0v) is 18.9. The molecule has 1 unspecified atom stereocenters. The highest BCUT2D eigenvalue weighted by atomic mass is 32.2. The first kappa shape index (κ1) is 21.8. The van der Waals surface area contributed by atoms with Crippen LogP contribution in [0.3, 0.4) is 0 Å². The van der Waals surface area contributed by atoms with Crippen LogP contribution in [-0.2, 0) is 4.79 Å². The number of carbonyl (C=O) groups is 1. The summed E-state index contributed by atoms with van der Waals surface area (Å²) in [4.78, 5) is 13.0. The second kappa shape index (κ2) is 9.30. The third-order valence-electron chi connectivity index (χ3n) is 4.83. The molecule has 3 aromatic rings. The molecule has 1 amide bonds. The first-order valence-corrected chi connectivity index (χ1v) is 10.7. The third-order valence-corrected chi connectivity index (χ3v) is 5.86. The molecule has 1 N–H and O–H groups in total. The normalized spacial score (nSPS) is 12.1. The number of para-hydroxylation sites is 1. The van der Waals surface area contributed by atoms with Crippen LogP contribution in [0.5, 0.6) is 5.75 Å². The van der Waals surface area contributed by atoms with Crippen LogP contribution in [0.4, 0.5) is 5.69 Å². The Bertz CT molecular complexity index is 1050. The van der Waals surface area contributed by atoms with Gasteiger partial charge < -0.3 is 10.1 Å². The van der Waals surface area contributed by atoms with Gasteiger partial charge in [-0.15, -0.1) is 5.10 Å². The van der Waals surface area contributed by atoms with Gasteiger partial charge in [0, 0.05) is 5.69 Å². The fraction of sp³-hybridized carbons (Fsp3) is 0.364. The Labute approximate surface area is 181 Å². The molecule has 158 valence electrons. The van der Waals surface area contributed by atoms with Crippen molar-refractivity contribution in [3.05, 3.63) is 53.1 Å². The van der Waals surface area contributed by atoms with E-state index in [0.29, 0.717) is 16.8 Å². The highest BCUT2D eigenvalue weighted by Crippen LogP contribution is 2.31. The Morgan fingerprint density at radius 1 is 1.17 bits per heavy atom. The van der Waals surface area contributed by atoms with Crippen molar-refractivity contribution >= 4 is 23.4 Å². The van der Waals surface area contributed by atoms with Crippen molar-refractivity contribution in [2.24, 2.45) is 0 Å². The van der Waals surface area contributed by atoms with Crippen LogP contribution in [-0.4, -0.2) is 38.5 Å². The molecule has 2 aromatic carbocycles. The summed E-state index contributed by atoms with van der Waals surface area (Å²) in [6.45, 7) is 10.1. The number of hydrogen-bond acceptors (Lipinski definition) is 6. The number of rotatable bonds is 7. The van der Waals surface area contributed by atoms with Gasteiger partial charge in [-0.1, -0.05) is 49.9 Å². The van der Waals surface area contributed by atoms with Crippen molar-refractivity contribution in [1.29, 1.82) is 0 Å². The summed E-state index contributed by atoms with van der Waals surface area (Å²) in [5.41, 5.74) is 4.84. The maximum Gasteiger partial charge on any atom is 0.237 e. The highest BCUT2D eigenvalue weighted by molar-refractivity contribution is 8.00. The van der Waals surface area contributed by atoms with Crippen molar-refractivity contribution < 1.29 is 9.53 Å². The number of carbonyl (C=O) groups excluding carboxylic acids is 1. The number of hydrogen-bond donors (Lipinski definition) is 1. The second-order valence-electron chi connectivity index (χ2n) is 7.49. The largest absolute Gasteiger partial charge is 0.494 e. The van der Waals surface area contributed by atoms with Gasteiger partial charge in [0.2, 0.25) is 11.1 Å². The topological polar surface area (TPSA) is 81.9 Å². The van der Waals surface area contributed by atoms with Gasteiger partial charge in [0.1, 0.15) is 11.4 Å². The van der Waals surface area contributed by atoms with Crippen molar-refractivity contribution in [3.8, 4) is 11.4 Å². The number of ether oxygens (including phenoxy) is 1. The average molecular weight is 426 g/mol. The molecule has 0 saturated carbocycles. The summed E-state index contributed by atoms with van der Waals surface area (Å²) in [6, 6.07) is 11.9. The molecule has 0 fully saturated rings. The lowest BCUT2D eigenvalue weighted by molar-refractivity contribution is -0.115. The number of tetrazole rings is 1. The van der Waals surface area contributed by atoms with E-state index in [1.165, 1.54) is 11.8 Å². The smallest absolute Gasteiger partial charge is 0.237 e. The van der Waals surface area contributed by atoms with Crippen LogP contribution in [0.1, 0.15) is 43.4 Å². The van der Waals surface area contributed by atoms with Gasteiger partial charge in [-0.05, 0) is 65.9 Å². The molecule has 0 radical (unpaired) electrons. The molecule has 0 bridgehead atoms. The summed E-state index contributed by atoms with van der Waals surface area (Å²) in [5.74, 6) is 0.875. The van der Waals surface area contributed by atoms with Gasteiger partial charge in [-0.25, -0.2) is 0 Å². The number of nitrogens with zero attached hydrogens (tertiary/aromatic N) is 4. The lowest BCUT2D eigenvalue weighted by atomic mass is 9.98. The standard InChI is InChI=1S/C22H27N5O2S/c1-13(2)17-9-7-8-15(4)20(17)23-21(28)16(5)30-22-24-25-26-27(22)18-12-14(3)10-11-19(18)29-6/h7-13,16H,1-6H3,(H,23,28). The molecule has 7 nitrogen and oxygen atoms in total. The number of benzene rings is 2. The van der Waals surface area contributed by atoms with E-state index in [4.69, 9.17) is 4.74 Å². The fourth-order valence-electron chi connectivity index (χ4n) is 3.15. The minimum Gasteiger partial charge on any atom is -0.494 e. The summed E-state index contributed by atoms with van der Waals surface area (Å²) in [7, 11) is 1.61. The van der Waals surface area contributed by atoms with Gasteiger partial charge in [-0.2, -0.15) is 4.68 Å². The van der Waals surface area contributed by atoms with E-state index in [-0.39, 0.29) is 5.91 Å². The molecule has 0 spiro atoms. The molecule has 30 heavy (non-hydrogen) atoms. The quantitative estimate of drug-likeness (QED) is 0.560. The van der Waals surface area contributed by atoms with E-state index in [1.807, 2.05) is 51.1 Å². The molecule has 0 aliphatic rings. The number of amides is 1. The molecular weight excluding hydrogens is 398 g/mol. The summed E-state index contributed by atoms with van der Waals surface area (Å²) in [5, 5.41) is 15.3. The van der Waals surface area contributed by atoms with Crippen LogP contribution in [0.15, 0.2) is 41.6 Å². The molecule has 0 aliphatic carbocycles. The van der Waals surface area contributed by atoms with E-state index in [2.05, 4.69) is 40.8 Å². The van der Waals surface area contributed by atoms with Gasteiger partial charge in [0.25, 0.3) is 0 Å². The predicted octanol–water partition coefficient (Wildman–Crippen LogP) is 4.53. The Kier molecular flexibility index (Phi) is 6.77. The third kappa shape index (κ3) is 4.64. The van der Waals surface area contributed by atoms with E-state index in [1.54, 1.807) is 11.8 Å². The minimum absolute atomic E-state index is 0.0954. The first-order valence-electron chi connectivity index (χ1n) is 9.82. The van der Waals surface area contributed by atoms with Gasteiger partial charge in [0.05, 0.1) is 12.4 Å². The number of nitrogens with one attached hydrogen (secondary N) is 1. The molecular formula is C22H27N5O2S. The summed E-state index contributed by atoms with van der Waals surface area (Å²) < 4.78 is 7.06. The molecule has 3 rings (SSSR count). The molecule has 1 heterocycles. The average Bonchev–Trinajstić information content (AvgIpc) is 3.17. The van der Waals surface area contributed by atoms with Gasteiger partial charge in [-0.3, -0.25) is 4.79 Å². The van der Waals surface area contributed by atoms with E-state index >= 15 is 0 Å². The van der Waals surface area contributed by atoms with Crippen molar-refractivity contribution in [2.45, 2.75) is 50.9 Å². The maximum atomic E-state index is 13.0. The number of anilines is 1. The lowest BCUT2D eigenvalue weighted by Crippen LogP contribution is -2.24. The first-order chi connectivity index (χ1) is 14.3. The van der Waals surface area contributed by atoms with Crippen LogP contribution >= 0.6 is 11.8 Å². The Morgan fingerprint density at radius 3 is 2.63 bits per heavy atom. The van der Waals surface area contributed by atoms with E-state index < -0.39 is 5.25 Å². The zero-order valence-electron chi connectivity index (χ0n) is 18.1. The SMILES string of the molecule is COc1ccc(C)cc1-n1nnnc1SC(C)C(=O)Nc1c(C)cccc1C(C)C. The molecule has 1 atom stereocenters. The predicted molar refractivity (Wildman–Crippen MR) is 120 cm³/mol. The Morgan fingerprint density at radius 2 is 1.93 bits per heavy atom. The highest BCUT2D eigenvalue weighted by Gasteiger charge is 2.22. The number of aromatic nitrogens is 4. The number of thioether (sulfide) groups is 1. The molecule has 0 saturated heterocycles.